The minimum Gasteiger partial charge on any atom is -0.381 e. The first kappa shape index (κ1) is 14.5. The summed E-state index contributed by atoms with van der Waals surface area (Å²) in [5.41, 5.74) is -0.310. The second-order valence-electron chi connectivity index (χ2n) is 5.04. The van der Waals surface area contributed by atoms with E-state index in [9.17, 15) is 5.26 Å². The Morgan fingerprint density at radius 1 is 1.29 bits per heavy atom. The second-order valence-corrected chi connectivity index (χ2v) is 5.04. The zero-order valence-electron chi connectivity index (χ0n) is 11.3. The van der Waals surface area contributed by atoms with Gasteiger partial charge in [0.05, 0.1) is 6.07 Å². The van der Waals surface area contributed by atoms with Crippen LogP contribution in [0.2, 0.25) is 0 Å². The molecule has 1 unspecified atom stereocenters. The molecule has 1 fully saturated rings. The predicted octanol–water partition coefficient (Wildman–Crippen LogP) is 3.01. The first-order valence-corrected chi connectivity index (χ1v) is 7.03. The number of rotatable bonds is 10. The van der Waals surface area contributed by atoms with E-state index in [1.165, 1.54) is 19.3 Å². The molecule has 1 aliphatic rings. The number of hydrogen-bond donors (Lipinski definition) is 1. The summed E-state index contributed by atoms with van der Waals surface area (Å²) < 4.78 is 5.54. The maximum absolute atomic E-state index is 9.34. The summed E-state index contributed by atoms with van der Waals surface area (Å²) in [4.78, 5) is 0. The second kappa shape index (κ2) is 7.68. The fourth-order valence-corrected chi connectivity index (χ4v) is 1.96. The minimum absolute atomic E-state index is 0.310. The summed E-state index contributed by atoms with van der Waals surface area (Å²) >= 11 is 0. The van der Waals surface area contributed by atoms with Crippen molar-refractivity contribution in [2.75, 3.05) is 13.2 Å². The molecule has 0 aromatic rings. The van der Waals surface area contributed by atoms with E-state index in [0.29, 0.717) is 6.04 Å². The van der Waals surface area contributed by atoms with Crippen molar-refractivity contribution in [2.45, 2.75) is 70.4 Å². The fraction of sp³-hybridized carbons (Fsp3) is 0.929. The molecule has 0 radical (unpaired) electrons. The highest BCUT2D eigenvalue weighted by molar-refractivity contribution is 5.09. The van der Waals surface area contributed by atoms with E-state index < -0.39 is 0 Å². The average molecular weight is 238 g/mol. The van der Waals surface area contributed by atoms with Crippen LogP contribution in [0.15, 0.2) is 0 Å². The lowest BCUT2D eigenvalue weighted by atomic mass is 9.92. The molecule has 0 bridgehead atoms. The van der Waals surface area contributed by atoms with E-state index in [1.54, 1.807) is 0 Å². The molecule has 0 amide bonds. The van der Waals surface area contributed by atoms with Crippen molar-refractivity contribution in [1.82, 2.24) is 5.32 Å². The van der Waals surface area contributed by atoms with Gasteiger partial charge in [0.2, 0.25) is 0 Å². The Morgan fingerprint density at radius 2 is 2.00 bits per heavy atom. The SMILES string of the molecule is CCCCOCCCC(C#N)(CC)NC1CC1. The van der Waals surface area contributed by atoms with Gasteiger partial charge in [-0.2, -0.15) is 5.26 Å². The molecule has 1 atom stereocenters. The molecule has 1 N–H and O–H groups in total. The maximum atomic E-state index is 9.34. The van der Waals surface area contributed by atoms with Gasteiger partial charge in [-0.05, 0) is 38.5 Å². The molecule has 3 heteroatoms. The summed E-state index contributed by atoms with van der Waals surface area (Å²) in [6.45, 7) is 5.91. The summed E-state index contributed by atoms with van der Waals surface area (Å²) in [5.74, 6) is 0. The molecule has 3 nitrogen and oxygen atoms in total. The van der Waals surface area contributed by atoms with Crippen LogP contribution in [-0.2, 0) is 4.74 Å². The number of nitrogens with zero attached hydrogens (tertiary/aromatic N) is 1. The smallest absolute Gasteiger partial charge is 0.106 e. The molecule has 1 rings (SSSR count). The van der Waals surface area contributed by atoms with Crippen molar-refractivity contribution < 1.29 is 4.74 Å². The first-order valence-electron chi connectivity index (χ1n) is 7.03. The molecule has 0 aliphatic heterocycles. The van der Waals surface area contributed by atoms with Crippen LogP contribution in [0.5, 0.6) is 0 Å². The molecule has 1 aliphatic carbocycles. The molecule has 0 saturated heterocycles. The minimum atomic E-state index is -0.310. The van der Waals surface area contributed by atoms with E-state index in [2.05, 4.69) is 25.2 Å². The van der Waals surface area contributed by atoms with Gasteiger partial charge >= 0.3 is 0 Å². The third kappa shape index (κ3) is 5.52. The van der Waals surface area contributed by atoms with Gasteiger partial charge in [-0.1, -0.05) is 20.3 Å². The van der Waals surface area contributed by atoms with Crippen LogP contribution in [-0.4, -0.2) is 24.8 Å². The van der Waals surface area contributed by atoms with E-state index >= 15 is 0 Å². The molecule has 17 heavy (non-hydrogen) atoms. The van der Waals surface area contributed by atoms with Crippen molar-refractivity contribution in [3.05, 3.63) is 0 Å². The lowest BCUT2D eigenvalue weighted by molar-refractivity contribution is 0.122. The van der Waals surface area contributed by atoms with Gasteiger partial charge < -0.3 is 4.74 Å². The Labute approximate surface area is 106 Å². The monoisotopic (exact) mass is 238 g/mol. The van der Waals surface area contributed by atoms with E-state index in [0.717, 1.165) is 38.9 Å². The van der Waals surface area contributed by atoms with Gasteiger partial charge in [-0.25, -0.2) is 0 Å². The third-order valence-electron chi connectivity index (χ3n) is 3.41. The zero-order valence-corrected chi connectivity index (χ0v) is 11.3. The van der Waals surface area contributed by atoms with Gasteiger partial charge in [-0.3, -0.25) is 5.32 Å². The summed E-state index contributed by atoms with van der Waals surface area (Å²) in [5, 5.41) is 12.8. The zero-order chi connectivity index (χ0) is 12.6. The van der Waals surface area contributed by atoms with Gasteiger partial charge in [0, 0.05) is 19.3 Å². The Bertz CT molecular complexity index is 245. The van der Waals surface area contributed by atoms with Crippen molar-refractivity contribution in [3.8, 4) is 6.07 Å². The van der Waals surface area contributed by atoms with Crippen molar-refractivity contribution in [1.29, 1.82) is 5.26 Å². The molecule has 98 valence electrons. The molecular formula is C14H26N2O. The molecule has 0 heterocycles. The van der Waals surface area contributed by atoms with E-state index in [4.69, 9.17) is 4.74 Å². The predicted molar refractivity (Wildman–Crippen MR) is 69.8 cm³/mol. The standard InChI is InChI=1S/C14H26N2O/c1-3-5-10-17-11-6-9-14(4-2,12-15)16-13-7-8-13/h13,16H,3-11H2,1-2H3. The van der Waals surface area contributed by atoms with E-state index in [1.807, 2.05) is 0 Å². The molecule has 0 aromatic carbocycles. The van der Waals surface area contributed by atoms with E-state index in [-0.39, 0.29) is 5.54 Å². The number of nitriles is 1. The molecule has 0 aromatic heterocycles. The highest BCUT2D eigenvalue weighted by atomic mass is 16.5. The lowest BCUT2D eigenvalue weighted by Gasteiger charge is -2.26. The van der Waals surface area contributed by atoms with Crippen LogP contribution in [0.3, 0.4) is 0 Å². The van der Waals surface area contributed by atoms with Crippen LogP contribution in [0.1, 0.15) is 58.8 Å². The molecule has 0 spiro atoms. The normalized spacial score (nSPS) is 18.6. The van der Waals surface area contributed by atoms with Gasteiger partial charge in [0.15, 0.2) is 0 Å². The van der Waals surface area contributed by atoms with Crippen LogP contribution < -0.4 is 5.32 Å². The Balaban J connectivity index is 2.17. The van der Waals surface area contributed by atoms with Crippen molar-refractivity contribution >= 4 is 0 Å². The summed E-state index contributed by atoms with van der Waals surface area (Å²) in [7, 11) is 0. The fourth-order valence-electron chi connectivity index (χ4n) is 1.96. The largest absolute Gasteiger partial charge is 0.381 e. The third-order valence-corrected chi connectivity index (χ3v) is 3.41. The van der Waals surface area contributed by atoms with Crippen LogP contribution in [0, 0.1) is 11.3 Å². The number of unbranched alkanes of at least 4 members (excludes halogenated alkanes) is 1. The highest BCUT2D eigenvalue weighted by Gasteiger charge is 2.34. The average Bonchev–Trinajstić information content (AvgIpc) is 3.16. The van der Waals surface area contributed by atoms with Gasteiger partial charge in [-0.15, -0.1) is 0 Å². The highest BCUT2D eigenvalue weighted by Crippen LogP contribution is 2.26. The Kier molecular flexibility index (Phi) is 6.54. The quantitative estimate of drug-likeness (QED) is 0.595. The Hall–Kier alpha value is -0.590. The van der Waals surface area contributed by atoms with Crippen LogP contribution in [0.25, 0.3) is 0 Å². The van der Waals surface area contributed by atoms with Crippen molar-refractivity contribution in [2.24, 2.45) is 0 Å². The number of ether oxygens (including phenoxy) is 1. The summed E-state index contributed by atoms with van der Waals surface area (Å²) in [6.07, 6.45) is 7.55. The van der Waals surface area contributed by atoms with Crippen LogP contribution in [0.4, 0.5) is 0 Å². The topological polar surface area (TPSA) is 45.0 Å². The van der Waals surface area contributed by atoms with Gasteiger partial charge in [0.25, 0.3) is 0 Å². The molecule has 1 saturated carbocycles. The summed E-state index contributed by atoms with van der Waals surface area (Å²) in [6, 6.07) is 3.07. The van der Waals surface area contributed by atoms with Gasteiger partial charge in [0.1, 0.15) is 5.54 Å². The Morgan fingerprint density at radius 3 is 2.53 bits per heavy atom. The maximum Gasteiger partial charge on any atom is 0.106 e. The lowest BCUT2D eigenvalue weighted by Crippen LogP contribution is -2.44. The number of hydrogen-bond acceptors (Lipinski definition) is 3. The molecular weight excluding hydrogens is 212 g/mol. The first-order chi connectivity index (χ1) is 8.26. The van der Waals surface area contributed by atoms with Crippen LogP contribution >= 0.6 is 0 Å². The van der Waals surface area contributed by atoms with Crippen molar-refractivity contribution in [3.63, 3.8) is 0 Å². The number of nitrogens with one attached hydrogen (secondary N) is 1.